The van der Waals surface area contributed by atoms with Crippen LogP contribution in [-0.4, -0.2) is 49.1 Å². The Morgan fingerprint density at radius 2 is 2.09 bits per heavy atom. The first-order chi connectivity index (χ1) is 16.7. The molecule has 10 heteroatoms. The molecule has 1 aliphatic carbocycles. The van der Waals surface area contributed by atoms with Crippen molar-refractivity contribution in [2.45, 2.75) is 38.0 Å². The second-order valence-corrected chi connectivity index (χ2v) is 8.97. The molecule has 3 aromatic heterocycles. The zero-order chi connectivity index (χ0) is 23.1. The van der Waals surface area contributed by atoms with Gasteiger partial charge in [-0.1, -0.05) is 18.2 Å². The van der Waals surface area contributed by atoms with Gasteiger partial charge in [-0.05, 0) is 43.7 Å². The second kappa shape index (κ2) is 8.44. The summed E-state index contributed by atoms with van der Waals surface area (Å²) in [7, 11) is 1.89. The minimum Gasteiger partial charge on any atom is -0.338 e. The lowest BCUT2D eigenvalue weighted by molar-refractivity contribution is 0.251. The van der Waals surface area contributed by atoms with Crippen LogP contribution in [0.4, 0.5) is 22.1 Å². The molecule has 4 aromatic rings. The van der Waals surface area contributed by atoms with Crippen LogP contribution in [-0.2, 0) is 19.9 Å². The number of amides is 2. The van der Waals surface area contributed by atoms with E-state index in [1.807, 2.05) is 13.1 Å². The van der Waals surface area contributed by atoms with Gasteiger partial charge in [0.2, 0.25) is 0 Å². The summed E-state index contributed by atoms with van der Waals surface area (Å²) in [6, 6.07) is 8.21. The van der Waals surface area contributed by atoms with Crippen LogP contribution in [0.15, 0.2) is 36.8 Å². The topological polar surface area (TPSA) is 117 Å². The zero-order valence-electron chi connectivity index (χ0n) is 19.1. The normalized spacial score (nSPS) is 17.0. The van der Waals surface area contributed by atoms with Gasteiger partial charge in [0, 0.05) is 37.3 Å². The van der Waals surface area contributed by atoms with Crippen molar-refractivity contribution in [3.8, 4) is 0 Å². The van der Waals surface area contributed by atoms with Crippen LogP contribution >= 0.6 is 0 Å². The van der Waals surface area contributed by atoms with Crippen molar-refractivity contribution in [2.75, 3.05) is 23.3 Å². The van der Waals surface area contributed by atoms with E-state index < -0.39 is 0 Å². The fourth-order valence-corrected chi connectivity index (χ4v) is 5.26. The third-order valence-corrected chi connectivity index (χ3v) is 6.88. The molecule has 3 N–H and O–H groups in total. The van der Waals surface area contributed by atoms with E-state index in [9.17, 15) is 4.79 Å². The summed E-state index contributed by atoms with van der Waals surface area (Å²) in [6.45, 7) is 1.36. The predicted molar refractivity (Wildman–Crippen MR) is 129 cm³/mol. The maximum absolute atomic E-state index is 12.7. The van der Waals surface area contributed by atoms with Gasteiger partial charge in [0.05, 0.1) is 17.3 Å². The van der Waals surface area contributed by atoms with Crippen molar-refractivity contribution in [2.24, 2.45) is 7.05 Å². The molecule has 6 rings (SSSR count). The molecule has 0 saturated carbocycles. The molecule has 0 spiro atoms. The Bertz CT molecular complexity index is 1360. The number of aromatic nitrogens is 6. The molecule has 0 bridgehead atoms. The summed E-state index contributed by atoms with van der Waals surface area (Å²) in [4.78, 5) is 23.7. The summed E-state index contributed by atoms with van der Waals surface area (Å²) in [5.41, 5.74) is 5.42. The Morgan fingerprint density at radius 1 is 1.21 bits per heavy atom. The third kappa shape index (κ3) is 3.55. The highest BCUT2D eigenvalue weighted by Gasteiger charge is 2.31. The molecule has 1 aliphatic heterocycles. The average molecular weight is 458 g/mol. The summed E-state index contributed by atoms with van der Waals surface area (Å²) >= 11 is 0. The van der Waals surface area contributed by atoms with Gasteiger partial charge in [-0.15, -0.1) is 0 Å². The van der Waals surface area contributed by atoms with E-state index in [4.69, 9.17) is 0 Å². The number of anilines is 3. The number of urea groups is 1. The monoisotopic (exact) mass is 457 g/mol. The van der Waals surface area contributed by atoms with Crippen LogP contribution in [0.1, 0.15) is 42.0 Å². The van der Waals surface area contributed by atoms with Crippen molar-refractivity contribution in [1.82, 2.24) is 35.3 Å². The molecule has 174 valence electrons. The number of aryl methyl sites for hydroxylation is 2. The van der Waals surface area contributed by atoms with Crippen molar-refractivity contribution in [3.63, 3.8) is 0 Å². The van der Waals surface area contributed by atoms with Crippen LogP contribution in [0.25, 0.3) is 11.0 Å². The maximum Gasteiger partial charge on any atom is 0.320 e. The molecule has 34 heavy (non-hydrogen) atoms. The highest BCUT2D eigenvalue weighted by Crippen LogP contribution is 2.42. The number of aromatic amines is 1. The minimum absolute atomic E-state index is 0.185. The van der Waals surface area contributed by atoms with Crippen LogP contribution in [0.3, 0.4) is 0 Å². The third-order valence-electron chi connectivity index (χ3n) is 6.88. The van der Waals surface area contributed by atoms with Gasteiger partial charge in [0.15, 0.2) is 5.65 Å². The average Bonchev–Trinajstić information content (AvgIpc) is 3.55. The van der Waals surface area contributed by atoms with E-state index in [1.54, 1.807) is 17.2 Å². The summed E-state index contributed by atoms with van der Waals surface area (Å²) in [5.74, 6) is 1.94. The Balaban J connectivity index is 1.13. The SMILES string of the molecule is Cn1nc2c(c1NC(=O)NCCC1CN(c3ncnc4[nH]ncc34)c3ccccc31)CCCC2. The summed E-state index contributed by atoms with van der Waals surface area (Å²) < 4.78 is 1.79. The molecule has 4 heterocycles. The summed E-state index contributed by atoms with van der Waals surface area (Å²) in [5, 5.41) is 18.6. The van der Waals surface area contributed by atoms with Gasteiger partial charge in [-0.2, -0.15) is 10.2 Å². The van der Waals surface area contributed by atoms with E-state index in [0.717, 1.165) is 72.7 Å². The van der Waals surface area contributed by atoms with Gasteiger partial charge in [-0.25, -0.2) is 14.8 Å². The molecule has 1 unspecified atom stereocenters. The molecule has 1 aromatic carbocycles. The number of benzene rings is 1. The fraction of sp³-hybridized carbons (Fsp3) is 0.375. The van der Waals surface area contributed by atoms with Crippen LogP contribution < -0.4 is 15.5 Å². The van der Waals surface area contributed by atoms with E-state index in [-0.39, 0.29) is 11.9 Å². The predicted octanol–water partition coefficient (Wildman–Crippen LogP) is 3.41. The van der Waals surface area contributed by atoms with Gasteiger partial charge in [-0.3, -0.25) is 15.1 Å². The highest BCUT2D eigenvalue weighted by molar-refractivity contribution is 5.90. The molecule has 1 atom stereocenters. The molecular weight excluding hydrogens is 430 g/mol. The first-order valence-electron chi connectivity index (χ1n) is 11.8. The number of rotatable bonds is 5. The maximum atomic E-state index is 12.7. The van der Waals surface area contributed by atoms with E-state index in [2.05, 4.69) is 59.0 Å². The van der Waals surface area contributed by atoms with Gasteiger partial charge < -0.3 is 10.2 Å². The Hall–Kier alpha value is -3.95. The zero-order valence-corrected chi connectivity index (χ0v) is 19.1. The number of fused-ring (bicyclic) bond motifs is 3. The number of para-hydroxylation sites is 1. The van der Waals surface area contributed by atoms with Crippen molar-refractivity contribution in [1.29, 1.82) is 0 Å². The first-order valence-corrected chi connectivity index (χ1v) is 11.8. The first kappa shape index (κ1) is 20.6. The standard InChI is InChI=1S/C24H27N9O/c1-32-23(17-7-2-4-8-19(17)31-32)29-24(34)25-11-10-15-13-33(20-9-5-3-6-16(15)20)22-18-12-28-30-21(18)26-14-27-22/h3,5-6,9,12,14-15H,2,4,7-8,10-11,13H2,1H3,(H2,25,29,34)(H,26,27,28,30). The van der Waals surface area contributed by atoms with E-state index in [1.165, 1.54) is 11.1 Å². The van der Waals surface area contributed by atoms with E-state index in [0.29, 0.717) is 6.54 Å². The Labute approximate surface area is 196 Å². The van der Waals surface area contributed by atoms with Crippen LogP contribution in [0.2, 0.25) is 0 Å². The Kier molecular flexibility index (Phi) is 5.12. The number of carbonyl (C=O) groups is 1. The molecular formula is C24H27N9O. The van der Waals surface area contributed by atoms with Crippen LogP contribution in [0.5, 0.6) is 0 Å². The van der Waals surface area contributed by atoms with Crippen molar-refractivity contribution in [3.05, 3.63) is 53.6 Å². The lowest BCUT2D eigenvalue weighted by Gasteiger charge is -2.19. The Morgan fingerprint density at radius 3 is 3.03 bits per heavy atom. The molecule has 2 amide bonds. The van der Waals surface area contributed by atoms with Gasteiger partial charge >= 0.3 is 6.03 Å². The molecule has 0 fully saturated rings. The molecule has 0 radical (unpaired) electrons. The quantitative estimate of drug-likeness (QED) is 0.423. The number of H-pyrrole nitrogens is 1. The second-order valence-electron chi connectivity index (χ2n) is 8.97. The molecule has 2 aliphatic rings. The number of nitrogens with zero attached hydrogens (tertiary/aromatic N) is 6. The van der Waals surface area contributed by atoms with Crippen molar-refractivity contribution >= 4 is 34.4 Å². The van der Waals surface area contributed by atoms with Crippen molar-refractivity contribution < 1.29 is 4.79 Å². The number of hydrogen-bond acceptors (Lipinski definition) is 6. The van der Waals surface area contributed by atoms with Gasteiger partial charge in [0.25, 0.3) is 0 Å². The highest BCUT2D eigenvalue weighted by atomic mass is 16.2. The number of carbonyl (C=O) groups excluding carboxylic acids is 1. The smallest absolute Gasteiger partial charge is 0.320 e. The molecule has 0 saturated heterocycles. The fourth-order valence-electron chi connectivity index (χ4n) is 5.26. The molecule has 10 nitrogen and oxygen atoms in total. The lowest BCUT2D eigenvalue weighted by atomic mass is 9.97. The number of hydrogen-bond donors (Lipinski definition) is 3. The lowest BCUT2D eigenvalue weighted by Crippen LogP contribution is -2.31. The summed E-state index contributed by atoms with van der Waals surface area (Å²) in [6.07, 6.45) is 8.42. The van der Waals surface area contributed by atoms with E-state index >= 15 is 0 Å². The minimum atomic E-state index is -0.185. The van der Waals surface area contributed by atoms with Gasteiger partial charge in [0.1, 0.15) is 18.0 Å². The number of nitrogens with one attached hydrogen (secondary N) is 3. The largest absolute Gasteiger partial charge is 0.338 e. The van der Waals surface area contributed by atoms with Crippen LogP contribution in [0, 0.1) is 0 Å².